The molecule has 1 nitrogen and oxygen atoms in total. The lowest BCUT2D eigenvalue weighted by Gasteiger charge is -2.33. The largest absolute Gasteiger partial charge is 0.380 e. The van der Waals surface area contributed by atoms with E-state index in [1.54, 1.807) is 0 Å². The summed E-state index contributed by atoms with van der Waals surface area (Å²) in [6, 6.07) is 3.22. The molecule has 0 heterocycles. The maximum atomic E-state index is 13.2. The van der Waals surface area contributed by atoms with Crippen molar-refractivity contribution in [3.63, 3.8) is 0 Å². The van der Waals surface area contributed by atoms with Gasteiger partial charge in [0.25, 0.3) is 0 Å². The molecule has 0 amide bonds. The molecule has 0 aromatic heterocycles. The van der Waals surface area contributed by atoms with Gasteiger partial charge in [0, 0.05) is 10.5 Å². The molecule has 0 spiro atoms. The predicted octanol–water partition coefficient (Wildman–Crippen LogP) is 5.48. The Bertz CT molecular complexity index is 415. The van der Waals surface area contributed by atoms with Crippen LogP contribution in [0.4, 0.5) is 10.1 Å². The van der Waals surface area contributed by atoms with Crippen LogP contribution >= 0.6 is 27.5 Å². The van der Waals surface area contributed by atoms with E-state index < -0.39 is 0 Å². The smallest absolute Gasteiger partial charge is 0.125 e. The summed E-state index contributed by atoms with van der Waals surface area (Å²) in [5.41, 5.74) is 0.810. The van der Waals surface area contributed by atoms with Gasteiger partial charge >= 0.3 is 0 Å². The first-order chi connectivity index (χ1) is 8.47. The summed E-state index contributed by atoms with van der Waals surface area (Å²) in [6.07, 6.45) is 3.52. The topological polar surface area (TPSA) is 12.0 Å². The van der Waals surface area contributed by atoms with Crippen LogP contribution in [-0.4, -0.2) is 6.04 Å². The van der Waals surface area contributed by atoms with Gasteiger partial charge in [-0.25, -0.2) is 4.39 Å². The van der Waals surface area contributed by atoms with Gasteiger partial charge in [-0.05, 0) is 59.2 Å². The molecule has 3 unspecified atom stereocenters. The van der Waals surface area contributed by atoms with Crippen LogP contribution in [0.25, 0.3) is 0 Å². The second-order valence-electron chi connectivity index (χ2n) is 5.35. The second kappa shape index (κ2) is 5.79. The third kappa shape index (κ3) is 3.18. The van der Waals surface area contributed by atoms with Gasteiger partial charge in [0.05, 0.1) is 10.7 Å². The van der Waals surface area contributed by atoms with Crippen molar-refractivity contribution < 1.29 is 4.39 Å². The van der Waals surface area contributed by atoms with Crippen LogP contribution in [0.3, 0.4) is 0 Å². The Morgan fingerprint density at radius 3 is 2.61 bits per heavy atom. The Morgan fingerprint density at radius 2 is 2.00 bits per heavy atom. The van der Waals surface area contributed by atoms with Gasteiger partial charge < -0.3 is 5.32 Å². The molecule has 0 aliphatic heterocycles. The van der Waals surface area contributed by atoms with Crippen LogP contribution in [0, 0.1) is 17.7 Å². The van der Waals surface area contributed by atoms with Crippen molar-refractivity contribution in [1.29, 1.82) is 0 Å². The summed E-state index contributed by atoms with van der Waals surface area (Å²) < 4.78 is 13.9. The van der Waals surface area contributed by atoms with Gasteiger partial charge in [0.15, 0.2) is 0 Å². The summed E-state index contributed by atoms with van der Waals surface area (Å²) in [7, 11) is 0. The minimum absolute atomic E-state index is 0.317. The Hall–Kier alpha value is -0.280. The standard InChI is InChI=1S/C14H18BrClFN/c1-8-3-4-11(5-9(8)2)18-14-12(15)6-10(17)7-13(14)16/h6-9,11,18H,3-5H2,1-2H3. The van der Waals surface area contributed by atoms with Crippen molar-refractivity contribution in [3.05, 3.63) is 27.4 Å². The highest BCUT2D eigenvalue weighted by molar-refractivity contribution is 9.10. The fraction of sp³-hybridized carbons (Fsp3) is 0.571. The van der Waals surface area contributed by atoms with Gasteiger partial charge in [-0.15, -0.1) is 0 Å². The molecule has 1 aromatic rings. The Morgan fingerprint density at radius 1 is 1.28 bits per heavy atom. The number of anilines is 1. The quantitative estimate of drug-likeness (QED) is 0.755. The van der Waals surface area contributed by atoms with Gasteiger partial charge in [0.1, 0.15) is 5.82 Å². The lowest BCUT2D eigenvalue weighted by atomic mass is 9.79. The molecule has 1 aliphatic carbocycles. The highest BCUT2D eigenvalue weighted by atomic mass is 79.9. The number of rotatable bonds is 2. The molecule has 1 N–H and O–H groups in total. The molecule has 0 saturated heterocycles. The number of hydrogen-bond donors (Lipinski definition) is 1. The molecule has 0 radical (unpaired) electrons. The van der Waals surface area contributed by atoms with Gasteiger partial charge in [-0.1, -0.05) is 25.4 Å². The summed E-state index contributed by atoms with van der Waals surface area (Å²) in [5.74, 6) is 1.19. The van der Waals surface area contributed by atoms with Crippen LogP contribution in [-0.2, 0) is 0 Å². The van der Waals surface area contributed by atoms with E-state index >= 15 is 0 Å². The van der Waals surface area contributed by atoms with E-state index in [9.17, 15) is 4.39 Å². The summed E-state index contributed by atoms with van der Waals surface area (Å²) in [6.45, 7) is 4.60. The Labute approximate surface area is 121 Å². The molecule has 2 rings (SSSR count). The van der Waals surface area contributed by atoms with Gasteiger partial charge in [0.2, 0.25) is 0 Å². The van der Waals surface area contributed by atoms with Crippen molar-refractivity contribution in [2.45, 2.75) is 39.2 Å². The normalized spacial score (nSPS) is 28.2. The van der Waals surface area contributed by atoms with E-state index in [1.807, 2.05) is 0 Å². The van der Waals surface area contributed by atoms with Crippen LogP contribution in [0.5, 0.6) is 0 Å². The van der Waals surface area contributed by atoms with E-state index in [0.29, 0.717) is 21.5 Å². The molecule has 1 saturated carbocycles. The zero-order chi connectivity index (χ0) is 13.3. The Kier molecular flexibility index (Phi) is 4.54. The van der Waals surface area contributed by atoms with Gasteiger partial charge in [-0.3, -0.25) is 0 Å². The van der Waals surface area contributed by atoms with E-state index in [-0.39, 0.29) is 5.82 Å². The van der Waals surface area contributed by atoms with Crippen molar-refractivity contribution in [2.24, 2.45) is 11.8 Å². The first-order valence-electron chi connectivity index (χ1n) is 6.38. The average molecular weight is 335 g/mol. The molecule has 1 aliphatic rings. The van der Waals surface area contributed by atoms with E-state index in [0.717, 1.165) is 24.4 Å². The van der Waals surface area contributed by atoms with E-state index in [4.69, 9.17) is 11.6 Å². The Balaban J connectivity index is 2.10. The SMILES string of the molecule is CC1CCC(Nc2c(Cl)cc(F)cc2Br)CC1C. The zero-order valence-corrected chi connectivity index (χ0v) is 13.0. The third-order valence-electron chi connectivity index (χ3n) is 3.95. The molecular formula is C14H18BrClFN. The predicted molar refractivity (Wildman–Crippen MR) is 78.7 cm³/mol. The first kappa shape index (κ1) is 14.1. The maximum Gasteiger partial charge on any atom is 0.125 e. The molecule has 0 bridgehead atoms. The zero-order valence-electron chi connectivity index (χ0n) is 10.6. The fourth-order valence-corrected chi connectivity index (χ4v) is 3.48. The average Bonchev–Trinajstić information content (AvgIpc) is 2.28. The highest BCUT2D eigenvalue weighted by Gasteiger charge is 2.25. The van der Waals surface area contributed by atoms with E-state index in [1.165, 1.54) is 18.6 Å². The van der Waals surface area contributed by atoms with Crippen LogP contribution in [0.1, 0.15) is 33.1 Å². The molecular weight excluding hydrogens is 317 g/mol. The van der Waals surface area contributed by atoms with Crippen LogP contribution in [0.2, 0.25) is 5.02 Å². The lowest BCUT2D eigenvalue weighted by molar-refractivity contribution is 0.261. The van der Waals surface area contributed by atoms with Gasteiger partial charge in [-0.2, -0.15) is 0 Å². The molecule has 18 heavy (non-hydrogen) atoms. The molecule has 3 atom stereocenters. The van der Waals surface area contributed by atoms with E-state index in [2.05, 4.69) is 35.1 Å². The number of hydrogen-bond acceptors (Lipinski definition) is 1. The first-order valence-corrected chi connectivity index (χ1v) is 7.55. The molecule has 100 valence electrons. The molecule has 4 heteroatoms. The summed E-state index contributed by atoms with van der Waals surface area (Å²) in [5, 5.41) is 3.89. The number of nitrogens with one attached hydrogen (secondary N) is 1. The number of benzene rings is 1. The fourth-order valence-electron chi connectivity index (χ4n) is 2.56. The van der Waals surface area contributed by atoms with Crippen molar-refractivity contribution in [1.82, 2.24) is 0 Å². The van der Waals surface area contributed by atoms with Crippen LogP contribution < -0.4 is 5.32 Å². The third-order valence-corrected chi connectivity index (χ3v) is 4.88. The molecule has 1 aromatic carbocycles. The monoisotopic (exact) mass is 333 g/mol. The number of halogens is 3. The van der Waals surface area contributed by atoms with Crippen molar-refractivity contribution in [2.75, 3.05) is 5.32 Å². The molecule has 1 fully saturated rings. The summed E-state index contributed by atoms with van der Waals surface area (Å²) >= 11 is 9.45. The second-order valence-corrected chi connectivity index (χ2v) is 6.61. The highest BCUT2D eigenvalue weighted by Crippen LogP contribution is 2.36. The summed E-state index contributed by atoms with van der Waals surface area (Å²) in [4.78, 5) is 0. The van der Waals surface area contributed by atoms with Crippen molar-refractivity contribution in [3.8, 4) is 0 Å². The minimum Gasteiger partial charge on any atom is -0.380 e. The maximum absolute atomic E-state index is 13.2. The minimum atomic E-state index is -0.317. The lowest BCUT2D eigenvalue weighted by Crippen LogP contribution is -2.30. The van der Waals surface area contributed by atoms with Crippen LogP contribution in [0.15, 0.2) is 16.6 Å². The van der Waals surface area contributed by atoms with Crippen molar-refractivity contribution >= 4 is 33.2 Å².